The third kappa shape index (κ3) is 3.86. The molecule has 0 radical (unpaired) electrons. The van der Waals surface area contributed by atoms with E-state index in [4.69, 9.17) is 5.11 Å². The van der Waals surface area contributed by atoms with E-state index in [1.165, 1.54) is 6.92 Å². The molecule has 21 heavy (non-hydrogen) atoms. The normalized spacial score (nSPS) is 21.2. The van der Waals surface area contributed by atoms with Gasteiger partial charge in [-0.3, -0.25) is 9.59 Å². The van der Waals surface area contributed by atoms with E-state index in [9.17, 15) is 14.4 Å². The number of urea groups is 1. The van der Waals surface area contributed by atoms with E-state index in [1.807, 2.05) is 4.90 Å². The first-order valence-electron chi connectivity index (χ1n) is 7.56. The lowest BCUT2D eigenvalue weighted by Gasteiger charge is -2.34. The zero-order valence-electron chi connectivity index (χ0n) is 12.4. The Hall–Kier alpha value is -1.79. The van der Waals surface area contributed by atoms with Gasteiger partial charge in [0.25, 0.3) is 0 Å². The highest BCUT2D eigenvalue weighted by molar-refractivity contribution is 5.85. The van der Waals surface area contributed by atoms with Crippen LogP contribution in [0, 0.1) is 5.92 Å². The summed E-state index contributed by atoms with van der Waals surface area (Å²) in [5.41, 5.74) is 0. The number of carboxylic acid groups (broad SMARTS) is 1. The van der Waals surface area contributed by atoms with Crippen molar-refractivity contribution in [3.05, 3.63) is 0 Å². The largest absolute Gasteiger partial charge is 0.480 e. The Bertz CT molecular complexity index is 412. The van der Waals surface area contributed by atoms with Crippen LogP contribution in [0.5, 0.6) is 0 Å². The Morgan fingerprint density at radius 2 is 1.57 bits per heavy atom. The molecule has 2 aliphatic rings. The molecule has 0 aromatic heterocycles. The molecular formula is C14H23N3O4. The minimum absolute atomic E-state index is 0.0743. The Balaban J connectivity index is 1.78. The molecule has 7 heteroatoms. The minimum Gasteiger partial charge on any atom is -0.480 e. The number of nitrogens with zero attached hydrogens (tertiary/aromatic N) is 2. The predicted molar refractivity (Wildman–Crippen MR) is 75.7 cm³/mol. The second-order valence-electron chi connectivity index (χ2n) is 5.81. The van der Waals surface area contributed by atoms with Gasteiger partial charge in [0.05, 0.1) is 0 Å². The fourth-order valence-corrected chi connectivity index (χ4v) is 2.83. The number of carbonyl (C=O) groups is 3. The monoisotopic (exact) mass is 297 g/mol. The predicted octanol–water partition coefficient (Wildman–Crippen LogP) is 0.504. The van der Waals surface area contributed by atoms with Crippen LogP contribution in [-0.2, 0) is 9.59 Å². The van der Waals surface area contributed by atoms with Crippen molar-refractivity contribution in [3.8, 4) is 0 Å². The van der Waals surface area contributed by atoms with Crippen molar-refractivity contribution in [2.45, 2.75) is 38.6 Å². The van der Waals surface area contributed by atoms with Crippen LogP contribution in [0.25, 0.3) is 0 Å². The maximum atomic E-state index is 12.2. The van der Waals surface area contributed by atoms with Gasteiger partial charge in [0.1, 0.15) is 6.04 Å². The second kappa shape index (κ2) is 6.78. The topological polar surface area (TPSA) is 90.0 Å². The van der Waals surface area contributed by atoms with Gasteiger partial charge in [-0.05, 0) is 32.6 Å². The van der Waals surface area contributed by atoms with Crippen molar-refractivity contribution in [1.29, 1.82) is 0 Å². The molecule has 0 aromatic carbocycles. The molecule has 0 spiro atoms. The molecular weight excluding hydrogens is 274 g/mol. The number of carboxylic acids is 1. The standard InChI is InChI=1S/C14H23N3O4/c1-10(13(19)20)15-12(18)11-4-8-17(9-5-11)14(21)16-6-2-3-7-16/h10-11H,2-9H2,1H3,(H,15,18)(H,19,20)/t10-/m1/s1. The number of rotatable bonds is 3. The summed E-state index contributed by atoms with van der Waals surface area (Å²) in [6.45, 7) is 4.24. The van der Waals surface area contributed by atoms with Gasteiger partial charge >= 0.3 is 12.0 Å². The summed E-state index contributed by atoms with van der Waals surface area (Å²) >= 11 is 0. The van der Waals surface area contributed by atoms with Gasteiger partial charge in [0, 0.05) is 32.1 Å². The van der Waals surface area contributed by atoms with Crippen LogP contribution < -0.4 is 5.32 Å². The fraction of sp³-hybridized carbons (Fsp3) is 0.786. The molecule has 0 unspecified atom stereocenters. The van der Waals surface area contributed by atoms with Crippen LogP contribution in [0.15, 0.2) is 0 Å². The molecule has 2 N–H and O–H groups in total. The van der Waals surface area contributed by atoms with Gasteiger partial charge in [0.2, 0.25) is 5.91 Å². The van der Waals surface area contributed by atoms with E-state index in [2.05, 4.69) is 5.32 Å². The van der Waals surface area contributed by atoms with Crippen LogP contribution >= 0.6 is 0 Å². The Morgan fingerprint density at radius 1 is 1.05 bits per heavy atom. The van der Waals surface area contributed by atoms with Gasteiger partial charge in [0.15, 0.2) is 0 Å². The van der Waals surface area contributed by atoms with E-state index in [-0.39, 0.29) is 17.9 Å². The van der Waals surface area contributed by atoms with Gasteiger partial charge < -0.3 is 20.2 Å². The molecule has 2 heterocycles. The molecule has 7 nitrogen and oxygen atoms in total. The van der Waals surface area contributed by atoms with Crippen LogP contribution in [0.3, 0.4) is 0 Å². The zero-order valence-corrected chi connectivity index (χ0v) is 12.4. The molecule has 0 aromatic rings. The van der Waals surface area contributed by atoms with Crippen molar-refractivity contribution in [2.75, 3.05) is 26.2 Å². The molecule has 3 amide bonds. The lowest BCUT2D eigenvalue weighted by molar-refractivity contribution is -0.142. The van der Waals surface area contributed by atoms with E-state index in [1.54, 1.807) is 4.90 Å². The van der Waals surface area contributed by atoms with Crippen molar-refractivity contribution >= 4 is 17.9 Å². The summed E-state index contributed by atoms with van der Waals surface area (Å²) < 4.78 is 0. The number of hydrogen-bond donors (Lipinski definition) is 2. The molecule has 0 aliphatic carbocycles. The quantitative estimate of drug-likeness (QED) is 0.794. The number of aliphatic carboxylic acids is 1. The third-order valence-corrected chi connectivity index (χ3v) is 4.24. The molecule has 2 rings (SSSR count). The van der Waals surface area contributed by atoms with E-state index in [0.29, 0.717) is 25.9 Å². The fourth-order valence-electron chi connectivity index (χ4n) is 2.83. The number of amides is 3. The molecule has 1 atom stereocenters. The van der Waals surface area contributed by atoms with E-state index in [0.717, 1.165) is 25.9 Å². The average molecular weight is 297 g/mol. The van der Waals surface area contributed by atoms with Crippen LogP contribution in [0.1, 0.15) is 32.6 Å². The summed E-state index contributed by atoms with van der Waals surface area (Å²) in [5, 5.41) is 11.3. The number of likely N-dealkylation sites (tertiary alicyclic amines) is 2. The summed E-state index contributed by atoms with van der Waals surface area (Å²) in [5.74, 6) is -1.46. The molecule has 2 saturated heterocycles. The van der Waals surface area contributed by atoms with Gasteiger partial charge in [-0.2, -0.15) is 0 Å². The van der Waals surface area contributed by atoms with Crippen molar-refractivity contribution in [3.63, 3.8) is 0 Å². The number of carbonyl (C=O) groups excluding carboxylic acids is 2. The van der Waals surface area contributed by atoms with Crippen molar-refractivity contribution < 1.29 is 19.5 Å². The summed E-state index contributed by atoms with van der Waals surface area (Å²) in [6, 6.07) is -0.799. The first kappa shape index (κ1) is 15.6. The zero-order chi connectivity index (χ0) is 15.4. The first-order chi connectivity index (χ1) is 9.99. The van der Waals surface area contributed by atoms with Crippen LogP contribution in [-0.4, -0.2) is 65.0 Å². The summed E-state index contributed by atoms with van der Waals surface area (Å²) in [4.78, 5) is 38.6. The average Bonchev–Trinajstić information content (AvgIpc) is 3.00. The third-order valence-electron chi connectivity index (χ3n) is 4.24. The van der Waals surface area contributed by atoms with E-state index >= 15 is 0 Å². The maximum Gasteiger partial charge on any atom is 0.325 e. The van der Waals surface area contributed by atoms with Crippen molar-refractivity contribution in [1.82, 2.24) is 15.1 Å². The second-order valence-corrected chi connectivity index (χ2v) is 5.81. The Morgan fingerprint density at radius 3 is 2.10 bits per heavy atom. The smallest absolute Gasteiger partial charge is 0.325 e. The highest BCUT2D eigenvalue weighted by Gasteiger charge is 2.31. The van der Waals surface area contributed by atoms with Crippen molar-refractivity contribution in [2.24, 2.45) is 5.92 Å². The lowest BCUT2D eigenvalue weighted by Crippen LogP contribution is -2.49. The highest BCUT2D eigenvalue weighted by Crippen LogP contribution is 2.20. The summed E-state index contributed by atoms with van der Waals surface area (Å²) in [6.07, 6.45) is 3.32. The molecule has 0 bridgehead atoms. The van der Waals surface area contributed by atoms with E-state index < -0.39 is 12.0 Å². The summed E-state index contributed by atoms with van der Waals surface area (Å²) in [7, 11) is 0. The lowest BCUT2D eigenvalue weighted by atomic mass is 9.96. The first-order valence-corrected chi connectivity index (χ1v) is 7.56. The highest BCUT2D eigenvalue weighted by atomic mass is 16.4. The Kier molecular flexibility index (Phi) is 5.03. The Labute approximate surface area is 124 Å². The molecule has 2 aliphatic heterocycles. The molecule has 118 valence electrons. The number of hydrogen-bond acceptors (Lipinski definition) is 3. The molecule has 2 fully saturated rings. The van der Waals surface area contributed by atoms with Gasteiger partial charge in [-0.15, -0.1) is 0 Å². The number of piperidine rings is 1. The van der Waals surface area contributed by atoms with Crippen LogP contribution in [0.4, 0.5) is 4.79 Å². The number of nitrogens with one attached hydrogen (secondary N) is 1. The minimum atomic E-state index is -1.04. The SMILES string of the molecule is C[C@@H](NC(=O)C1CCN(C(=O)N2CCCC2)CC1)C(=O)O. The van der Waals surface area contributed by atoms with Gasteiger partial charge in [-0.1, -0.05) is 0 Å². The molecule has 0 saturated carbocycles. The van der Waals surface area contributed by atoms with Crippen LogP contribution in [0.2, 0.25) is 0 Å². The van der Waals surface area contributed by atoms with Gasteiger partial charge in [-0.25, -0.2) is 4.79 Å². The maximum absolute atomic E-state index is 12.2.